The highest BCUT2D eigenvalue weighted by Crippen LogP contribution is 2.01. The van der Waals surface area contributed by atoms with Gasteiger partial charge in [0.2, 0.25) is 5.95 Å². The Kier molecular flexibility index (Phi) is 0.982. The Morgan fingerprint density at radius 1 is 1.86 bits per heavy atom. The van der Waals surface area contributed by atoms with Crippen LogP contribution in [0.1, 0.15) is 0 Å². The summed E-state index contributed by atoms with van der Waals surface area (Å²) in [6.07, 6.45) is 0. The molecule has 0 bridgehead atoms. The second-order valence-corrected chi connectivity index (χ2v) is 1.43. The van der Waals surface area contributed by atoms with Gasteiger partial charge in [0.1, 0.15) is 0 Å². The Hall–Kier alpha value is -0.570. The van der Waals surface area contributed by atoms with Crippen LogP contribution in [0.3, 0.4) is 0 Å². The highest BCUT2D eigenvalue weighted by molar-refractivity contribution is 6.29. The molecule has 0 unspecified atom stereocenters. The number of nitrogens with zero attached hydrogens (tertiary/aromatic N) is 1. The summed E-state index contributed by atoms with van der Waals surface area (Å²) in [5, 5.41) is 5.45. The van der Waals surface area contributed by atoms with Gasteiger partial charge in [-0.15, -0.1) is 0 Å². The minimum atomic E-state index is -0.509. The van der Waals surface area contributed by atoms with Gasteiger partial charge in [0.05, 0.1) is 0 Å². The molecule has 0 saturated carbocycles. The van der Waals surface area contributed by atoms with E-state index in [0.29, 0.717) is 0 Å². The summed E-state index contributed by atoms with van der Waals surface area (Å²) in [4.78, 5) is 0. The number of H-pyrrole nitrogens is 1. The van der Waals surface area contributed by atoms with Crippen LogP contribution in [0.25, 0.3) is 0 Å². The van der Waals surface area contributed by atoms with Gasteiger partial charge in [0, 0.05) is 6.07 Å². The molecule has 0 aliphatic rings. The molecule has 2 nitrogen and oxygen atoms in total. The fourth-order valence-electron chi connectivity index (χ4n) is 0.276. The van der Waals surface area contributed by atoms with Gasteiger partial charge in [-0.2, -0.15) is 9.49 Å². The van der Waals surface area contributed by atoms with Crippen molar-refractivity contribution in [2.45, 2.75) is 0 Å². The molecular formula is C3H2ClFN2. The van der Waals surface area contributed by atoms with Crippen molar-refractivity contribution in [1.82, 2.24) is 10.2 Å². The summed E-state index contributed by atoms with van der Waals surface area (Å²) in [7, 11) is 0. The standard InChI is InChI=1S/C3H2ClFN2/c4-2-1-3(5)7-6-2/h1H,(H,6,7). The van der Waals surface area contributed by atoms with E-state index in [4.69, 9.17) is 11.6 Å². The first kappa shape index (κ1) is 4.59. The second kappa shape index (κ2) is 1.50. The predicted octanol–water partition coefficient (Wildman–Crippen LogP) is 1.20. The molecule has 1 heterocycles. The van der Waals surface area contributed by atoms with Crippen LogP contribution >= 0.6 is 11.6 Å². The van der Waals surface area contributed by atoms with Crippen LogP contribution in [0.15, 0.2) is 6.07 Å². The molecule has 0 aromatic carbocycles. The van der Waals surface area contributed by atoms with Crippen LogP contribution in [0.5, 0.6) is 0 Å². The Labute approximate surface area is 44.3 Å². The summed E-state index contributed by atoms with van der Waals surface area (Å²) >= 11 is 5.18. The Balaban J connectivity index is 3.04. The predicted molar refractivity (Wildman–Crippen MR) is 23.6 cm³/mol. The third-order valence-corrected chi connectivity index (χ3v) is 0.709. The van der Waals surface area contributed by atoms with Crippen molar-refractivity contribution in [3.8, 4) is 0 Å². The maximum atomic E-state index is 11.7. The normalized spacial score (nSPS) is 9.43. The molecule has 0 saturated heterocycles. The van der Waals surface area contributed by atoms with Crippen LogP contribution in [0.4, 0.5) is 4.39 Å². The molecule has 1 N–H and O–H groups in total. The first-order valence-corrected chi connectivity index (χ1v) is 2.03. The van der Waals surface area contributed by atoms with E-state index in [1.165, 1.54) is 0 Å². The maximum absolute atomic E-state index is 11.7. The lowest BCUT2D eigenvalue weighted by Gasteiger charge is -1.62. The Bertz CT molecular complexity index is 145. The van der Waals surface area contributed by atoms with Crippen molar-refractivity contribution in [2.75, 3.05) is 0 Å². The first-order valence-electron chi connectivity index (χ1n) is 1.65. The zero-order valence-corrected chi connectivity index (χ0v) is 4.04. The van der Waals surface area contributed by atoms with E-state index in [9.17, 15) is 4.39 Å². The summed E-state index contributed by atoms with van der Waals surface area (Å²) in [5.41, 5.74) is 0. The average Bonchev–Trinajstić information content (AvgIpc) is 1.87. The summed E-state index contributed by atoms with van der Waals surface area (Å²) < 4.78 is 11.7. The zero-order chi connectivity index (χ0) is 5.28. The third-order valence-electron chi connectivity index (χ3n) is 0.515. The lowest BCUT2D eigenvalue weighted by atomic mass is 10.7. The van der Waals surface area contributed by atoms with E-state index in [2.05, 4.69) is 5.10 Å². The smallest absolute Gasteiger partial charge is 0.210 e. The molecule has 4 heteroatoms. The minimum Gasteiger partial charge on any atom is -0.252 e. The molecule has 0 amide bonds. The van der Waals surface area contributed by atoms with Gasteiger partial charge in [-0.3, -0.25) is 5.10 Å². The topological polar surface area (TPSA) is 28.7 Å². The number of aromatic nitrogens is 2. The largest absolute Gasteiger partial charge is 0.252 e. The van der Waals surface area contributed by atoms with Crippen LogP contribution in [-0.2, 0) is 0 Å². The van der Waals surface area contributed by atoms with E-state index < -0.39 is 5.95 Å². The van der Waals surface area contributed by atoms with Crippen molar-refractivity contribution in [3.05, 3.63) is 17.2 Å². The van der Waals surface area contributed by atoms with Gasteiger partial charge in [0.25, 0.3) is 0 Å². The lowest BCUT2D eigenvalue weighted by molar-refractivity contribution is 0.579. The van der Waals surface area contributed by atoms with E-state index in [-0.39, 0.29) is 5.15 Å². The molecule has 1 aromatic rings. The van der Waals surface area contributed by atoms with Crippen LogP contribution < -0.4 is 0 Å². The minimum absolute atomic E-state index is 0.150. The van der Waals surface area contributed by atoms with Gasteiger partial charge in [-0.25, -0.2) is 0 Å². The number of rotatable bonds is 0. The van der Waals surface area contributed by atoms with E-state index in [1.54, 1.807) is 0 Å². The van der Waals surface area contributed by atoms with Crippen LogP contribution in [-0.4, -0.2) is 10.2 Å². The fourth-order valence-corrected chi connectivity index (χ4v) is 0.414. The first-order chi connectivity index (χ1) is 3.29. The van der Waals surface area contributed by atoms with Crippen LogP contribution in [0.2, 0.25) is 5.15 Å². The molecular weight excluding hydrogens is 118 g/mol. The Morgan fingerprint density at radius 3 is 2.71 bits per heavy atom. The van der Waals surface area contributed by atoms with E-state index >= 15 is 0 Å². The zero-order valence-electron chi connectivity index (χ0n) is 3.28. The molecule has 0 spiro atoms. The molecule has 1 aromatic heterocycles. The van der Waals surface area contributed by atoms with Crippen molar-refractivity contribution >= 4 is 11.6 Å². The number of aromatic amines is 1. The van der Waals surface area contributed by atoms with Crippen LogP contribution in [0, 0.1) is 5.95 Å². The van der Waals surface area contributed by atoms with Gasteiger partial charge in [-0.1, -0.05) is 11.6 Å². The van der Waals surface area contributed by atoms with Crippen molar-refractivity contribution in [3.63, 3.8) is 0 Å². The molecule has 0 aliphatic heterocycles. The lowest BCUT2D eigenvalue weighted by Crippen LogP contribution is -1.67. The highest BCUT2D eigenvalue weighted by Gasteiger charge is 1.91. The number of hydrogen-bond donors (Lipinski definition) is 1. The molecule has 0 fully saturated rings. The number of halogens is 2. The maximum Gasteiger partial charge on any atom is 0.210 e. The monoisotopic (exact) mass is 120 g/mol. The summed E-state index contributed by atoms with van der Waals surface area (Å²) in [6, 6.07) is 1.10. The van der Waals surface area contributed by atoms with Gasteiger partial charge < -0.3 is 0 Å². The highest BCUT2D eigenvalue weighted by atomic mass is 35.5. The number of hydrogen-bond acceptors (Lipinski definition) is 1. The van der Waals surface area contributed by atoms with Crippen molar-refractivity contribution in [1.29, 1.82) is 0 Å². The SMILES string of the molecule is Fc1cc(Cl)n[nH]1. The quantitative estimate of drug-likeness (QED) is 0.548. The molecule has 7 heavy (non-hydrogen) atoms. The summed E-state index contributed by atoms with van der Waals surface area (Å²) in [5.74, 6) is -0.509. The van der Waals surface area contributed by atoms with Crippen molar-refractivity contribution < 1.29 is 4.39 Å². The molecule has 0 radical (unpaired) electrons. The van der Waals surface area contributed by atoms with E-state index in [0.717, 1.165) is 6.07 Å². The van der Waals surface area contributed by atoms with E-state index in [1.807, 2.05) is 5.10 Å². The Morgan fingerprint density at radius 2 is 2.57 bits per heavy atom. The van der Waals surface area contributed by atoms with Crippen molar-refractivity contribution in [2.24, 2.45) is 0 Å². The second-order valence-electron chi connectivity index (χ2n) is 1.04. The van der Waals surface area contributed by atoms with Gasteiger partial charge in [-0.05, 0) is 0 Å². The van der Waals surface area contributed by atoms with Gasteiger partial charge >= 0.3 is 0 Å². The van der Waals surface area contributed by atoms with Gasteiger partial charge in [0.15, 0.2) is 5.15 Å². The molecule has 1 rings (SSSR count). The third kappa shape index (κ3) is 0.899. The molecule has 0 aliphatic carbocycles. The molecule has 0 atom stereocenters. The number of nitrogens with one attached hydrogen (secondary N) is 1. The average molecular weight is 121 g/mol. The molecule has 38 valence electrons. The summed E-state index contributed by atoms with van der Waals surface area (Å²) in [6.45, 7) is 0. The fraction of sp³-hybridized carbons (Fsp3) is 0.